The van der Waals surface area contributed by atoms with Crippen LogP contribution >= 0.6 is 0 Å². The van der Waals surface area contributed by atoms with Gasteiger partial charge < -0.3 is 0 Å². The van der Waals surface area contributed by atoms with Crippen molar-refractivity contribution >= 4 is 10.0 Å². The van der Waals surface area contributed by atoms with Gasteiger partial charge in [-0.15, -0.1) is 0 Å². The van der Waals surface area contributed by atoms with Crippen LogP contribution in [0.2, 0.25) is 0 Å². The van der Waals surface area contributed by atoms with E-state index in [1.54, 1.807) is 10.9 Å². The first-order chi connectivity index (χ1) is 7.51. The molecule has 1 fully saturated rings. The quantitative estimate of drug-likeness (QED) is 0.802. The van der Waals surface area contributed by atoms with E-state index in [9.17, 15) is 8.42 Å². The Kier molecular flexibility index (Phi) is 3.03. The highest BCUT2D eigenvalue weighted by Gasteiger charge is 2.28. The predicted molar refractivity (Wildman–Crippen MR) is 60.6 cm³/mol. The Morgan fingerprint density at radius 1 is 1.31 bits per heavy atom. The molecule has 0 aromatic carbocycles. The molecule has 0 saturated carbocycles. The molecule has 0 unspecified atom stereocenters. The number of nitrogens with zero attached hydrogens (tertiary/aromatic N) is 3. The SMILES string of the molecule is CC(C)n1cc(S(=O)(=O)N2CCCC2)cn1. The number of aromatic nitrogens is 2. The van der Waals surface area contributed by atoms with Gasteiger partial charge in [0.25, 0.3) is 0 Å². The van der Waals surface area contributed by atoms with Crippen LogP contribution in [0.25, 0.3) is 0 Å². The van der Waals surface area contributed by atoms with Gasteiger partial charge in [0, 0.05) is 25.3 Å². The minimum Gasteiger partial charge on any atom is -0.269 e. The summed E-state index contributed by atoms with van der Waals surface area (Å²) in [6, 6.07) is 0.183. The Balaban J connectivity index is 2.28. The van der Waals surface area contributed by atoms with Gasteiger partial charge in [0.2, 0.25) is 10.0 Å². The van der Waals surface area contributed by atoms with Gasteiger partial charge in [-0.3, -0.25) is 4.68 Å². The topological polar surface area (TPSA) is 55.2 Å². The fourth-order valence-corrected chi connectivity index (χ4v) is 3.27. The van der Waals surface area contributed by atoms with Crippen LogP contribution in [0.15, 0.2) is 17.3 Å². The maximum atomic E-state index is 12.1. The molecule has 1 aliphatic rings. The summed E-state index contributed by atoms with van der Waals surface area (Å²) in [7, 11) is -3.30. The molecule has 0 amide bonds. The molecule has 1 aliphatic heterocycles. The van der Waals surface area contributed by atoms with Gasteiger partial charge in [-0.2, -0.15) is 9.40 Å². The van der Waals surface area contributed by atoms with Crippen molar-refractivity contribution in [3.63, 3.8) is 0 Å². The van der Waals surface area contributed by atoms with E-state index in [2.05, 4.69) is 5.10 Å². The minimum atomic E-state index is -3.30. The van der Waals surface area contributed by atoms with Crippen molar-refractivity contribution in [3.8, 4) is 0 Å². The largest absolute Gasteiger partial charge is 0.269 e. The summed E-state index contributed by atoms with van der Waals surface area (Å²) >= 11 is 0. The summed E-state index contributed by atoms with van der Waals surface area (Å²) in [6.45, 7) is 5.21. The first-order valence-corrected chi connectivity index (χ1v) is 7.00. The van der Waals surface area contributed by atoms with E-state index in [1.165, 1.54) is 10.5 Å². The first-order valence-electron chi connectivity index (χ1n) is 5.56. The third-order valence-electron chi connectivity index (χ3n) is 2.81. The molecule has 0 radical (unpaired) electrons. The molecular formula is C10H17N3O2S. The van der Waals surface area contributed by atoms with E-state index >= 15 is 0 Å². The lowest BCUT2D eigenvalue weighted by Crippen LogP contribution is -2.27. The van der Waals surface area contributed by atoms with Crippen molar-refractivity contribution in [1.82, 2.24) is 14.1 Å². The number of sulfonamides is 1. The Morgan fingerprint density at radius 2 is 1.94 bits per heavy atom. The molecule has 6 heteroatoms. The van der Waals surface area contributed by atoms with E-state index in [4.69, 9.17) is 0 Å². The Morgan fingerprint density at radius 3 is 2.44 bits per heavy atom. The molecule has 0 atom stereocenters. The van der Waals surface area contributed by atoms with Gasteiger partial charge in [0.05, 0.1) is 6.20 Å². The van der Waals surface area contributed by atoms with Crippen molar-refractivity contribution < 1.29 is 8.42 Å². The van der Waals surface area contributed by atoms with Gasteiger partial charge in [0.15, 0.2) is 0 Å². The average Bonchev–Trinajstić information content (AvgIpc) is 2.90. The zero-order valence-electron chi connectivity index (χ0n) is 9.63. The molecule has 2 rings (SSSR count). The number of hydrogen-bond acceptors (Lipinski definition) is 3. The second kappa shape index (κ2) is 4.18. The fourth-order valence-electron chi connectivity index (χ4n) is 1.81. The molecule has 0 spiro atoms. The minimum absolute atomic E-state index is 0.183. The van der Waals surface area contributed by atoms with E-state index in [0.29, 0.717) is 18.0 Å². The monoisotopic (exact) mass is 243 g/mol. The van der Waals surface area contributed by atoms with E-state index in [0.717, 1.165) is 12.8 Å². The van der Waals surface area contributed by atoms with Gasteiger partial charge >= 0.3 is 0 Å². The van der Waals surface area contributed by atoms with Gasteiger partial charge in [-0.25, -0.2) is 8.42 Å². The second-order valence-corrected chi connectivity index (χ2v) is 6.30. The molecule has 90 valence electrons. The summed E-state index contributed by atoms with van der Waals surface area (Å²) in [5.41, 5.74) is 0. The molecule has 0 bridgehead atoms. The summed E-state index contributed by atoms with van der Waals surface area (Å²) in [5.74, 6) is 0. The third kappa shape index (κ3) is 1.99. The van der Waals surface area contributed by atoms with E-state index < -0.39 is 10.0 Å². The van der Waals surface area contributed by atoms with E-state index in [1.807, 2.05) is 13.8 Å². The van der Waals surface area contributed by atoms with Crippen molar-refractivity contribution in [2.75, 3.05) is 13.1 Å². The Hall–Kier alpha value is -0.880. The summed E-state index contributed by atoms with van der Waals surface area (Å²) in [5, 5.41) is 4.06. The summed E-state index contributed by atoms with van der Waals surface area (Å²) in [4.78, 5) is 0.308. The van der Waals surface area contributed by atoms with Crippen LogP contribution in [-0.2, 0) is 10.0 Å². The lowest BCUT2D eigenvalue weighted by Gasteiger charge is -2.13. The molecular weight excluding hydrogens is 226 g/mol. The lowest BCUT2D eigenvalue weighted by molar-refractivity contribution is 0.477. The zero-order chi connectivity index (χ0) is 11.8. The number of hydrogen-bond donors (Lipinski definition) is 0. The highest BCUT2D eigenvalue weighted by molar-refractivity contribution is 7.89. The van der Waals surface area contributed by atoms with Gasteiger partial charge in [0.1, 0.15) is 4.90 Å². The van der Waals surface area contributed by atoms with E-state index in [-0.39, 0.29) is 6.04 Å². The number of rotatable bonds is 3. The molecule has 0 aliphatic carbocycles. The van der Waals surface area contributed by atoms with Crippen molar-refractivity contribution in [2.24, 2.45) is 0 Å². The molecule has 1 aromatic heterocycles. The average molecular weight is 243 g/mol. The lowest BCUT2D eigenvalue weighted by atomic mass is 10.4. The van der Waals surface area contributed by atoms with Crippen LogP contribution in [0.5, 0.6) is 0 Å². The zero-order valence-corrected chi connectivity index (χ0v) is 10.4. The van der Waals surface area contributed by atoms with Crippen molar-refractivity contribution in [3.05, 3.63) is 12.4 Å². The second-order valence-electron chi connectivity index (χ2n) is 4.36. The smallest absolute Gasteiger partial charge is 0.246 e. The molecule has 5 nitrogen and oxygen atoms in total. The van der Waals surface area contributed by atoms with Crippen LogP contribution < -0.4 is 0 Å². The van der Waals surface area contributed by atoms with Crippen molar-refractivity contribution in [1.29, 1.82) is 0 Å². The Labute approximate surface area is 96.1 Å². The van der Waals surface area contributed by atoms with Crippen LogP contribution in [0.3, 0.4) is 0 Å². The van der Waals surface area contributed by atoms with Crippen LogP contribution in [0.4, 0.5) is 0 Å². The molecule has 0 N–H and O–H groups in total. The standard InChI is InChI=1S/C10H17N3O2S/c1-9(2)13-8-10(7-11-13)16(14,15)12-5-3-4-6-12/h7-9H,3-6H2,1-2H3. The predicted octanol–water partition coefficient (Wildman–Crippen LogP) is 1.25. The molecule has 1 saturated heterocycles. The molecule has 2 heterocycles. The van der Waals surface area contributed by atoms with Crippen molar-refractivity contribution in [2.45, 2.75) is 37.6 Å². The summed E-state index contributed by atoms with van der Waals surface area (Å²) in [6.07, 6.45) is 4.96. The third-order valence-corrected chi connectivity index (χ3v) is 4.66. The highest BCUT2D eigenvalue weighted by Crippen LogP contribution is 2.20. The van der Waals surface area contributed by atoms with Gasteiger partial charge in [-0.05, 0) is 26.7 Å². The van der Waals surface area contributed by atoms with Crippen LogP contribution in [0.1, 0.15) is 32.7 Å². The van der Waals surface area contributed by atoms with Crippen LogP contribution in [-0.4, -0.2) is 35.6 Å². The maximum absolute atomic E-state index is 12.1. The maximum Gasteiger partial charge on any atom is 0.246 e. The molecule has 1 aromatic rings. The fraction of sp³-hybridized carbons (Fsp3) is 0.700. The van der Waals surface area contributed by atoms with Gasteiger partial charge in [-0.1, -0.05) is 0 Å². The molecule has 16 heavy (non-hydrogen) atoms. The highest BCUT2D eigenvalue weighted by atomic mass is 32.2. The van der Waals surface area contributed by atoms with Crippen LogP contribution in [0, 0.1) is 0 Å². The first kappa shape index (κ1) is 11.6. The summed E-state index contributed by atoms with van der Waals surface area (Å²) < 4.78 is 27.5. The Bertz CT molecular complexity index is 458. The normalized spacial score (nSPS) is 18.4.